The number of aromatic nitrogens is 2. The van der Waals surface area contributed by atoms with Crippen molar-refractivity contribution in [1.82, 2.24) is 15.5 Å². The summed E-state index contributed by atoms with van der Waals surface area (Å²) in [5.74, 6) is 1.91. The van der Waals surface area contributed by atoms with Crippen molar-refractivity contribution in [2.75, 3.05) is 7.05 Å². The van der Waals surface area contributed by atoms with E-state index in [4.69, 9.17) is 9.26 Å². The van der Waals surface area contributed by atoms with Gasteiger partial charge in [-0.2, -0.15) is 4.98 Å². The molecule has 0 amide bonds. The molecule has 2 rings (SSSR count). The molecule has 5 nitrogen and oxygen atoms in total. The Morgan fingerprint density at radius 2 is 2.05 bits per heavy atom. The highest BCUT2D eigenvalue weighted by molar-refractivity contribution is 5.29. The van der Waals surface area contributed by atoms with Crippen molar-refractivity contribution in [3.8, 4) is 5.75 Å². The quantitative estimate of drug-likeness (QED) is 0.866. The molecule has 1 atom stereocenters. The SMILES string of the molecule is CCC(NC)c1ccc(OCc2nc(C)no2)cc1. The molecule has 0 spiro atoms. The molecule has 0 bridgehead atoms. The molecular weight excluding hydrogens is 242 g/mol. The fourth-order valence-electron chi connectivity index (χ4n) is 1.95. The number of hydrogen-bond donors (Lipinski definition) is 1. The van der Waals surface area contributed by atoms with Gasteiger partial charge in [0.05, 0.1) is 0 Å². The van der Waals surface area contributed by atoms with Crippen molar-refractivity contribution in [3.05, 3.63) is 41.5 Å². The third-order valence-corrected chi connectivity index (χ3v) is 2.97. The average molecular weight is 261 g/mol. The molecule has 2 aromatic rings. The van der Waals surface area contributed by atoms with Gasteiger partial charge in [0.1, 0.15) is 5.75 Å². The molecule has 0 aliphatic heterocycles. The predicted octanol–water partition coefficient (Wildman–Crippen LogP) is 2.63. The van der Waals surface area contributed by atoms with E-state index in [1.807, 2.05) is 19.2 Å². The minimum Gasteiger partial charge on any atom is -0.484 e. The molecule has 5 heteroatoms. The van der Waals surface area contributed by atoms with Crippen LogP contribution >= 0.6 is 0 Å². The first-order chi connectivity index (χ1) is 9.22. The van der Waals surface area contributed by atoms with Gasteiger partial charge in [-0.1, -0.05) is 24.2 Å². The smallest absolute Gasteiger partial charge is 0.264 e. The van der Waals surface area contributed by atoms with Crippen LogP contribution in [0.2, 0.25) is 0 Å². The van der Waals surface area contributed by atoms with Crippen LogP contribution in [0, 0.1) is 6.92 Å². The van der Waals surface area contributed by atoms with Crippen LogP contribution in [0.5, 0.6) is 5.75 Å². The van der Waals surface area contributed by atoms with Gasteiger partial charge in [0.25, 0.3) is 5.89 Å². The Hall–Kier alpha value is -1.88. The first kappa shape index (κ1) is 13.5. The van der Waals surface area contributed by atoms with E-state index in [1.54, 1.807) is 6.92 Å². The summed E-state index contributed by atoms with van der Waals surface area (Å²) in [5.41, 5.74) is 1.26. The van der Waals surface area contributed by atoms with E-state index in [0.29, 0.717) is 24.4 Å². The summed E-state index contributed by atoms with van der Waals surface area (Å²) in [6.07, 6.45) is 1.05. The predicted molar refractivity (Wildman–Crippen MR) is 71.9 cm³/mol. The number of ether oxygens (including phenoxy) is 1. The summed E-state index contributed by atoms with van der Waals surface area (Å²) < 4.78 is 10.6. The van der Waals surface area contributed by atoms with Gasteiger partial charge in [-0.15, -0.1) is 0 Å². The minimum atomic E-state index is 0.295. The van der Waals surface area contributed by atoms with Crippen LogP contribution in [0.25, 0.3) is 0 Å². The number of nitrogens with one attached hydrogen (secondary N) is 1. The van der Waals surface area contributed by atoms with Crippen molar-refractivity contribution in [2.45, 2.75) is 32.9 Å². The van der Waals surface area contributed by atoms with Crippen LogP contribution in [0.3, 0.4) is 0 Å². The molecule has 0 radical (unpaired) electrons. The van der Waals surface area contributed by atoms with E-state index in [2.05, 4.69) is 34.5 Å². The van der Waals surface area contributed by atoms with Crippen LogP contribution < -0.4 is 10.1 Å². The summed E-state index contributed by atoms with van der Waals surface area (Å²) in [7, 11) is 1.97. The fraction of sp³-hybridized carbons (Fsp3) is 0.429. The molecule has 1 unspecified atom stereocenters. The number of rotatable bonds is 6. The lowest BCUT2D eigenvalue weighted by Crippen LogP contribution is -2.14. The number of benzene rings is 1. The van der Waals surface area contributed by atoms with Crippen molar-refractivity contribution in [3.63, 3.8) is 0 Å². The second kappa shape index (κ2) is 6.33. The molecule has 0 aliphatic carbocycles. The molecule has 0 fully saturated rings. The molecule has 102 valence electrons. The molecular formula is C14H19N3O2. The fourth-order valence-corrected chi connectivity index (χ4v) is 1.95. The third-order valence-electron chi connectivity index (χ3n) is 2.97. The van der Waals surface area contributed by atoms with E-state index >= 15 is 0 Å². The van der Waals surface area contributed by atoms with Crippen LogP contribution in [0.15, 0.2) is 28.8 Å². The summed E-state index contributed by atoms with van der Waals surface area (Å²) in [6, 6.07) is 8.43. The zero-order valence-corrected chi connectivity index (χ0v) is 11.5. The summed E-state index contributed by atoms with van der Waals surface area (Å²) >= 11 is 0. The Balaban J connectivity index is 1.95. The minimum absolute atomic E-state index is 0.295. The van der Waals surface area contributed by atoms with E-state index in [-0.39, 0.29) is 0 Å². The summed E-state index contributed by atoms with van der Waals surface area (Å²) in [6.45, 7) is 4.23. The Labute approximate surface area is 113 Å². The lowest BCUT2D eigenvalue weighted by molar-refractivity contribution is 0.242. The maximum atomic E-state index is 5.59. The third kappa shape index (κ3) is 3.54. The number of aryl methyl sites for hydroxylation is 1. The first-order valence-corrected chi connectivity index (χ1v) is 6.42. The highest BCUT2D eigenvalue weighted by Gasteiger charge is 2.07. The van der Waals surface area contributed by atoms with Crippen molar-refractivity contribution < 1.29 is 9.26 Å². The molecule has 0 aliphatic rings. The van der Waals surface area contributed by atoms with E-state index in [9.17, 15) is 0 Å². The van der Waals surface area contributed by atoms with Gasteiger partial charge in [0.15, 0.2) is 12.4 Å². The number of hydrogen-bond acceptors (Lipinski definition) is 5. The molecule has 1 aromatic carbocycles. The normalized spacial score (nSPS) is 12.4. The zero-order chi connectivity index (χ0) is 13.7. The van der Waals surface area contributed by atoms with E-state index < -0.39 is 0 Å². The maximum Gasteiger partial charge on any atom is 0.264 e. The molecule has 0 saturated carbocycles. The summed E-state index contributed by atoms with van der Waals surface area (Å²) in [4.78, 5) is 4.09. The van der Waals surface area contributed by atoms with Crippen molar-refractivity contribution in [2.24, 2.45) is 0 Å². The van der Waals surface area contributed by atoms with Gasteiger partial charge in [0, 0.05) is 6.04 Å². The largest absolute Gasteiger partial charge is 0.484 e. The Morgan fingerprint density at radius 3 is 2.58 bits per heavy atom. The Kier molecular flexibility index (Phi) is 4.52. The Bertz CT molecular complexity index is 504. The second-order valence-electron chi connectivity index (χ2n) is 4.34. The lowest BCUT2D eigenvalue weighted by Gasteiger charge is -2.14. The monoisotopic (exact) mass is 261 g/mol. The van der Waals surface area contributed by atoms with Gasteiger partial charge in [-0.25, -0.2) is 0 Å². The standard InChI is InChI=1S/C14H19N3O2/c1-4-13(15-3)11-5-7-12(8-6-11)18-9-14-16-10(2)17-19-14/h5-8,13,15H,4,9H2,1-3H3. The van der Waals surface area contributed by atoms with Crippen molar-refractivity contribution >= 4 is 0 Å². The zero-order valence-electron chi connectivity index (χ0n) is 11.5. The van der Waals surface area contributed by atoms with E-state index in [0.717, 1.165) is 12.2 Å². The Morgan fingerprint density at radius 1 is 1.32 bits per heavy atom. The van der Waals surface area contributed by atoms with Crippen LogP contribution in [0.1, 0.15) is 36.7 Å². The molecule has 1 heterocycles. The highest BCUT2D eigenvalue weighted by Crippen LogP contribution is 2.20. The van der Waals surface area contributed by atoms with Crippen molar-refractivity contribution in [1.29, 1.82) is 0 Å². The molecule has 1 aromatic heterocycles. The maximum absolute atomic E-state index is 5.59. The first-order valence-electron chi connectivity index (χ1n) is 6.42. The topological polar surface area (TPSA) is 60.2 Å². The lowest BCUT2D eigenvalue weighted by atomic mass is 10.1. The van der Waals surface area contributed by atoms with Crippen LogP contribution in [0.4, 0.5) is 0 Å². The highest BCUT2D eigenvalue weighted by atomic mass is 16.5. The van der Waals surface area contributed by atoms with Gasteiger partial charge in [0.2, 0.25) is 0 Å². The molecule has 1 N–H and O–H groups in total. The van der Waals surface area contributed by atoms with E-state index in [1.165, 1.54) is 5.56 Å². The van der Waals surface area contributed by atoms with Gasteiger partial charge >= 0.3 is 0 Å². The molecule has 0 saturated heterocycles. The number of nitrogens with zero attached hydrogens (tertiary/aromatic N) is 2. The van der Waals surface area contributed by atoms with Gasteiger partial charge < -0.3 is 14.6 Å². The second-order valence-corrected chi connectivity index (χ2v) is 4.34. The summed E-state index contributed by atoms with van der Waals surface area (Å²) in [5, 5.41) is 6.99. The van der Waals surface area contributed by atoms with Crippen LogP contribution in [-0.4, -0.2) is 17.2 Å². The van der Waals surface area contributed by atoms with Gasteiger partial charge in [-0.3, -0.25) is 0 Å². The molecule has 19 heavy (non-hydrogen) atoms. The van der Waals surface area contributed by atoms with Crippen LogP contribution in [-0.2, 0) is 6.61 Å². The van der Waals surface area contributed by atoms with Gasteiger partial charge in [-0.05, 0) is 38.1 Å². The average Bonchev–Trinajstić information content (AvgIpc) is 2.85.